The molecule has 0 aromatic heterocycles. The van der Waals surface area contributed by atoms with Gasteiger partial charge in [-0.15, -0.1) is 0 Å². The molecule has 132 valence electrons. The van der Waals surface area contributed by atoms with Crippen LogP contribution in [0.4, 0.5) is 11.4 Å². The molecule has 8 nitrogen and oxygen atoms in total. The van der Waals surface area contributed by atoms with Crippen LogP contribution in [0, 0.1) is 10.1 Å². The quantitative estimate of drug-likeness (QED) is 0.504. The van der Waals surface area contributed by atoms with Gasteiger partial charge in [0.2, 0.25) is 11.8 Å². The number of likely N-dealkylation sites (tertiary alicyclic amines) is 1. The van der Waals surface area contributed by atoms with Crippen LogP contribution in [-0.2, 0) is 16.1 Å². The summed E-state index contributed by atoms with van der Waals surface area (Å²) in [6, 6.07) is 12.1. The van der Waals surface area contributed by atoms with Gasteiger partial charge in [0.15, 0.2) is 0 Å². The molecule has 0 saturated carbocycles. The molecule has 0 aliphatic carbocycles. The fourth-order valence-corrected chi connectivity index (χ4v) is 2.61. The molecule has 0 spiro atoms. The van der Waals surface area contributed by atoms with Crippen molar-refractivity contribution < 1.29 is 19.3 Å². The monoisotopic (exact) mass is 353 g/mol. The Kier molecular flexibility index (Phi) is 4.74. The Hall–Kier alpha value is -3.55. The third kappa shape index (κ3) is 3.75. The third-order valence-electron chi connectivity index (χ3n) is 4.05. The van der Waals surface area contributed by atoms with Crippen molar-refractivity contribution in [3.8, 4) is 0 Å². The zero-order valence-electron chi connectivity index (χ0n) is 13.7. The summed E-state index contributed by atoms with van der Waals surface area (Å²) >= 11 is 0. The third-order valence-corrected chi connectivity index (χ3v) is 4.05. The minimum atomic E-state index is -0.514. The highest BCUT2D eigenvalue weighted by Crippen LogP contribution is 2.18. The van der Waals surface area contributed by atoms with Crippen molar-refractivity contribution in [1.82, 2.24) is 4.90 Å². The van der Waals surface area contributed by atoms with Gasteiger partial charge in [0.1, 0.15) is 0 Å². The van der Waals surface area contributed by atoms with Crippen molar-refractivity contribution in [2.24, 2.45) is 0 Å². The summed E-state index contributed by atoms with van der Waals surface area (Å²) < 4.78 is 0. The maximum atomic E-state index is 12.2. The number of non-ortho nitro benzene ring substituents is 1. The Labute approximate surface area is 148 Å². The Morgan fingerprint density at radius 3 is 2.12 bits per heavy atom. The summed E-state index contributed by atoms with van der Waals surface area (Å²) in [6.07, 6.45) is 0.489. The van der Waals surface area contributed by atoms with Crippen LogP contribution in [0.1, 0.15) is 28.8 Å². The van der Waals surface area contributed by atoms with Crippen molar-refractivity contribution in [3.05, 3.63) is 69.8 Å². The highest BCUT2D eigenvalue weighted by Gasteiger charge is 2.28. The maximum absolute atomic E-state index is 12.2. The second kappa shape index (κ2) is 7.14. The Morgan fingerprint density at radius 1 is 1.00 bits per heavy atom. The second-order valence-electron chi connectivity index (χ2n) is 5.83. The highest BCUT2D eigenvalue weighted by atomic mass is 16.6. The number of nitro groups is 1. The van der Waals surface area contributed by atoms with Gasteiger partial charge in [-0.2, -0.15) is 0 Å². The number of nitrogens with one attached hydrogen (secondary N) is 1. The first-order valence-electron chi connectivity index (χ1n) is 7.92. The summed E-state index contributed by atoms with van der Waals surface area (Å²) in [5.41, 5.74) is 1.53. The summed E-state index contributed by atoms with van der Waals surface area (Å²) in [7, 11) is 0. The average molecular weight is 353 g/mol. The van der Waals surface area contributed by atoms with Gasteiger partial charge in [-0.3, -0.25) is 29.4 Å². The molecule has 0 bridgehead atoms. The number of carbonyl (C=O) groups is 3. The van der Waals surface area contributed by atoms with E-state index in [0.29, 0.717) is 11.3 Å². The molecule has 2 aromatic rings. The van der Waals surface area contributed by atoms with Crippen LogP contribution in [0.5, 0.6) is 0 Å². The van der Waals surface area contributed by atoms with Gasteiger partial charge in [-0.05, 0) is 29.8 Å². The lowest BCUT2D eigenvalue weighted by Gasteiger charge is -2.14. The molecule has 1 fully saturated rings. The van der Waals surface area contributed by atoms with E-state index >= 15 is 0 Å². The Bertz CT molecular complexity index is 859. The molecule has 1 aliphatic rings. The predicted molar refractivity (Wildman–Crippen MR) is 92.3 cm³/mol. The van der Waals surface area contributed by atoms with E-state index < -0.39 is 4.92 Å². The number of imide groups is 1. The molecule has 1 aliphatic heterocycles. The summed E-state index contributed by atoms with van der Waals surface area (Å²) in [4.78, 5) is 46.8. The molecule has 3 rings (SSSR count). The molecule has 1 N–H and O–H groups in total. The number of nitrogens with zero attached hydrogens (tertiary/aromatic N) is 2. The van der Waals surface area contributed by atoms with Crippen LogP contribution >= 0.6 is 0 Å². The number of anilines is 1. The van der Waals surface area contributed by atoms with E-state index in [1.807, 2.05) is 0 Å². The largest absolute Gasteiger partial charge is 0.322 e. The molecular formula is C18H15N3O5. The van der Waals surface area contributed by atoms with Gasteiger partial charge < -0.3 is 5.32 Å². The maximum Gasteiger partial charge on any atom is 0.269 e. The number of hydrogen-bond donors (Lipinski definition) is 1. The number of nitro benzene ring substituents is 1. The molecular weight excluding hydrogens is 338 g/mol. The highest BCUT2D eigenvalue weighted by molar-refractivity contribution is 6.04. The number of hydrogen-bond acceptors (Lipinski definition) is 5. The molecule has 0 unspecified atom stereocenters. The van der Waals surface area contributed by atoms with Crippen molar-refractivity contribution in [1.29, 1.82) is 0 Å². The molecule has 1 saturated heterocycles. The molecule has 8 heteroatoms. The lowest BCUT2D eigenvalue weighted by molar-refractivity contribution is -0.384. The molecule has 26 heavy (non-hydrogen) atoms. The first kappa shape index (κ1) is 17.3. The number of rotatable bonds is 5. The smallest absolute Gasteiger partial charge is 0.269 e. The zero-order valence-corrected chi connectivity index (χ0v) is 13.7. The van der Waals surface area contributed by atoms with Crippen LogP contribution < -0.4 is 5.32 Å². The van der Waals surface area contributed by atoms with Gasteiger partial charge in [0, 0.05) is 36.2 Å². The molecule has 3 amide bonds. The molecule has 1 heterocycles. The lowest BCUT2D eigenvalue weighted by Crippen LogP contribution is -2.28. The molecule has 2 aromatic carbocycles. The normalized spacial score (nSPS) is 13.8. The van der Waals surface area contributed by atoms with Crippen LogP contribution in [0.15, 0.2) is 48.5 Å². The standard InChI is InChI=1S/C18H15N3O5/c22-16-9-10-17(23)20(16)11-12-1-3-13(4-2-12)18(24)19-14-5-7-15(8-6-14)21(25)26/h1-8H,9-11H2,(H,19,24). The average Bonchev–Trinajstić information content (AvgIpc) is 2.94. The first-order chi connectivity index (χ1) is 12.4. The van der Waals surface area contributed by atoms with Gasteiger partial charge >= 0.3 is 0 Å². The number of carbonyl (C=O) groups excluding carboxylic acids is 3. The van der Waals surface area contributed by atoms with Crippen molar-refractivity contribution in [3.63, 3.8) is 0 Å². The van der Waals surface area contributed by atoms with Crippen LogP contribution in [0.3, 0.4) is 0 Å². The van der Waals surface area contributed by atoms with Crippen molar-refractivity contribution >= 4 is 29.1 Å². The fraction of sp³-hybridized carbons (Fsp3) is 0.167. The molecule has 0 atom stereocenters. The van der Waals surface area contributed by atoms with E-state index in [1.54, 1.807) is 24.3 Å². The van der Waals surface area contributed by atoms with E-state index in [2.05, 4.69) is 5.32 Å². The minimum Gasteiger partial charge on any atom is -0.322 e. The van der Waals surface area contributed by atoms with Gasteiger partial charge in [0.05, 0.1) is 11.5 Å². The van der Waals surface area contributed by atoms with Crippen LogP contribution in [0.2, 0.25) is 0 Å². The second-order valence-corrected chi connectivity index (χ2v) is 5.83. The van der Waals surface area contributed by atoms with Gasteiger partial charge in [-0.25, -0.2) is 0 Å². The van der Waals surface area contributed by atoms with E-state index in [-0.39, 0.29) is 42.8 Å². The molecule has 0 radical (unpaired) electrons. The van der Waals surface area contributed by atoms with E-state index in [4.69, 9.17) is 0 Å². The van der Waals surface area contributed by atoms with E-state index in [0.717, 1.165) is 5.56 Å². The first-order valence-corrected chi connectivity index (χ1v) is 7.92. The topological polar surface area (TPSA) is 110 Å². The fourth-order valence-electron chi connectivity index (χ4n) is 2.61. The Morgan fingerprint density at radius 2 is 1.58 bits per heavy atom. The summed E-state index contributed by atoms with van der Waals surface area (Å²) in [5, 5.41) is 13.3. The number of amides is 3. The van der Waals surface area contributed by atoms with E-state index in [9.17, 15) is 24.5 Å². The van der Waals surface area contributed by atoms with Crippen LogP contribution in [0.25, 0.3) is 0 Å². The van der Waals surface area contributed by atoms with Crippen molar-refractivity contribution in [2.45, 2.75) is 19.4 Å². The van der Waals surface area contributed by atoms with Crippen LogP contribution in [-0.4, -0.2) is 27.5 Å². The minimum absolute atomic E-state index is 0.0571. The predicted octanol–water partition coefficient (Wildman–Crippen LogP) is 2.50. The zero-order chi connectivity index (χ0) is 18.7. The van der Waals surface area contributed by atoms with Crippen molar-refractivity contribution in [2.75, 3.05) is 5.32 Å². The summed E-state index contributed by atoms with van der Waals surface area (Å²) in [6.45, 7) is 0.196. The lowest BCUT2D eigenvalue weighted by atomic mass is 10.1. The van der Waals surface area contributed by atoms with Gasteiger partial charge in [0.25, 0.3) is 11.6 Å². The van der Waals surface area contributed by atoms with E-state index in [1.165, 1.54) is 29.2 Å². The summed E-state index contributed by atoms with van der Waals surface area (Å²) in [5.74, 6) is -0.733. The van der Waals surface area contributed by atoms with Gasteiger partial charge in [-0.1, -0.05) is 12.1 Å². The number of benzene rings is 2. The SMILES string of the molecule is O=C(Nc1ccc([N+](=O)[O-])cc1)c1ccc(CN2C(=O)CCC2=O)cc1. The Balaban J connectivity index is 1.64.